The standard InChI is InChI=1S/C10H19ClN2O/c1-7(8(12)14)5-10(4,13)9(2,3)6-11/h5H,6,13H2,1-4H3,(H2,12,14). The van der Waals surface area contributed by atoms with Gasteiger partial charge < -0.3 is 11.5 Å². The number of carbonyl (C=O) groups is 1. The molecule has 4 N–H and O–H groups in total. The monoisotopic (exact) mass is 218 g/mol. The van der Waals surface area contributed by atoms with Crippen molar-refractivity contribution < 1.29 is 4.79 Å². The first-order valence-electron chi connectivity index (χ1n) is 4.48. The molecule has 0 rings (SSSR count). The lowest BCUT2D eigenvalue weighted by Gasteiger charge is -2.38. The molecule has 1 atom stereocenters. The third-order valence-electron chi connectivity index (χ3n) is 2.70. The van der Waals surface area contributed by atoms with E-state index in [-0.39, 0.29) is 5.41 Å². The van der Waals surface area contributed by atoms with Gasteiger partial charge in [0.15, 0.2) is 0 Å². The van der Waals surface area contributed by atoms with E-state index in [1.165, 1.54) is 0 Å². The number of nitrogens with two attached hydrogens (primary N) is 2. The highest BCUT2D eigenvalue weighted by Gasteiger charge is 2.35. The predicted octanol–water partition coefficient (Wildman–Crippen LogP) is 1.40. The third-order valence-corrected chi connectivity index (χ3v) is 3.37. The average Bonchev–Trinajstić information content (AvgIpc) is 2.03. The molecule has 4 heteroatoms. The molecule has 0 aliphatic carbocycles. The second-order valence-electron chi connectivity index (χ2n) is 4.49. The number of primary amides is 1. The van der Waals surface area contributed by atoms with Crippen LogP contribution in [0, 0.1) is 5.41 Å². The summed E-state index contributed by atoms with van der Waals surface area (Å²) in [5, 5.41) is 0. The van der Waals surface area contributed by atoms with E-state index in [9.17, 15) is 4.79 Å². The number of carbonyl (C=O) groups excluding carboxylic acids is 1. The smallest absolute Gasteiger partial charge is 0.244 e. The largest absolute Gasteiger partial charge is 0.366 e. The molecular weight excluding hydrogens is 200 g/mol. The molecule has 0 aromatic carbocycles. The Kier molecular flexibility index (Phi) is 4.15. The summed E-state index contributed by atoms with van der Waals surface area (Å²) in [5.41, 5.74) is 10.7. The van der Waals surface area contributed by atoms with Gasteiger partial charge in [-0.2, -0.15) is 0 Å². The first-order chi connectivity index (χ1) is 6.14. The van der Waals surface area contributed by atoms with Crippen molar-refractivity contribution in [2.75, 3.05) is 5.88 Å². The molecule has 0 fully saturated rings. The summed E-state index contributed by atoms with van der Waals surface area (Å²) in [4.78, 5) is 10.9. The number of alkyl halides is 1. The van der Waals surface area contributed by atoms with E-state index < -0.39 is 11.4 Å². The fourth-order valence-electron chi connectivity index (χ4n) is 0.860. The van der Waals surface area contributed by atoms with Crippen molar-refractivity contribution in [2.45, 2.75) is 33.2 Å². The van der Waals surface area contributed by atoms with Gasteiger partial charge in [0.2, 0.25) is 5.91 Å². The van der Waals surface area contributed by atoms with Gasteiger partial charge in [0.25, 0.3) is 0 Å². The average molecular weight is 219 g/mol. The SMILES string of the molecule is CC(=CC(C)(N)C(C)(C)CCl)C(N)=O. The number of amides is 1. The van der Waals surface area contributed by atoms with Crippen LogP contribution in [0.3, 0.4) is 0 Å². The van der Waals surface area contributed by atoms with Gasteiger partial charge in [-0.15, -0.1) is 11.6 Å². The van der Waals surface area contributed by atoms with Crippen molar-refractivity contribution in [2.24, 2.45) is 16.9 Å². The highest BCUT2D eigenvalue weighted by molar-refractivity contribution is 6.18. The van der Waals surface area contributed by atoms with Gasteiger partial charge >= 0.3 is 0 Å². The Morgan fingerprint density at radius 3 is 2.14 bits per heavy atom. The summed E-state index contributed by atoms with van der Waals surface area (Å²) >= 11 is 5.82. The Morgan fingerprint density at radius 2 is 1.86 bits per heavy atom. The lowest BCUT2D eigenvalue weighted by atomic mass is 9.74. The fourth-order valence-corrected chi connectivity index (χ4v) is 1.15. The van der Waals surface area contributed by atoms with E-state index in [2.05, 4.69) is 0 Å². The first-order valence-corrected chi connectivity index (χ1v) is 5.01. The quantitative estimate of drug-likeness (QED) is 0.553. The van der Waals surface area contributed by atoms with Crippen molar-refractivity contribution in [1.29, 1.82) is 0 Å². The molecular formula is C10H19ClN2O. The highest BCUT2D eigenvalue weighted by atomic mass is 35.5. The zero-order valence-corrected chi connectivity index (χ0v) is 9.98. The minimum absolute atomic E-state index is 0.286. The number of halogens is 1. The minimum Gasteiger partial charge on any atom is -0.366 e. The highest BCUT2D eigenvalue weighted by Crippen LogP contribution is 2.31. The second-order valence-corrected chi connectivity index (χ2v) is 4.76. The molecule has 1 unspecified atom stereocenters. The normalized spacial score (nSPS) is 17.7. The second kappa shape index (κ2) is 4.32. The summed E-state index contributed by atoms with van der Waals surface area (Å²) in [6, 6.07) is 0. The predicted molar refractivity (Wildman–Crippen MR) is 60.0 cm³/mol. The van der Waals surface area contributed by atoms with Gasteiger partial charge in [0, 0.05) is 17.0 Å². The molecule has 3 nitrogen and oxygen atoms in total. The van der Waals surface area contributed by atoms with Gasteiger partial charge in [0.1, 0.15) is 0 Å². The maximum Gasteiger partial charge on any atom is 0.244 e. The van der Waals surface area contributed by atoms with E-state index in [1.54, 1.807) is 13.0 Å². The van der Waals surface area contributed by atoms with Crippen LogP contribution < -0.4 is 11.5 Å². The maximum absolute atomic E-state index is 10.9. The van der Waals surface area contributed by atoms with E-state index in [4.69, 9.17) is 23.1 Å². The molecule has 0 aromatic rings. The van der Waals surface area contributed by atoms with Crippen molar-refractivity contribution >= 4 is 17.5 Å². The topological polar surface area (TPSA) is 69.1 Å². The summed E-state index contributed by atoms with van der Waals surface area (Å²) in [7, 11) is 0. The van der Waals surface area contributed by atoms with Crippen LogP contribution >= 0.6 is 11.6 Å². The summed E-state index contributed by atoms with van der Waals surface area (Å²) in [6.07, 6.45) is 1.68. The molecule has 0 radical (unpaired) electrons. The van der Waals surface area contributed by atoms with Crippen molar-refractivity contribution in [1.82, 2.24) is 0 Å². The van der Waals surface area contributed by atoms with Crippen LogP contribution in [0.25, 0.3) is 0 Å². The van der Waals surface area contributed by atoms with Crippen LogP contribution in [0.5, 0.6) is 0 Å². The Balaban J connectivity index is 4.98. The zero-order chi connectivity index (χ0) is 11.6. The number of hydrogen-bond donors (Lipinski definition) is 2. The fraction of sp³-hybridized carbons (Fsp3) is 0.700. The molecule has 0 bridgehead atoms. The molecule has 82 valence electrons. The Morgan fingerprint density at radius 1 is 1.43 bits per heavy atom. The lowest BCUT2D eigenvalue weighted by Crippen LogP contribution is -2.50. The zero-order valence-electron chi connectivity index (χ0n) is 9.23. The molecule has 0 spiro atoms. The summed E-state index contributed by atoms with van der Waals surface area (Å²) in [6.45, 7) is 7.38. The molecule has 0 saturated carbocycles. The van der Waals surface area contributed by atoms with E-state index in [0.717, 1.165) is 0 Å². The van der Waals surface area contributed by atoms with Gasteiger partial charge in [-0.1, -0.05) is 19.9 Å². The van der Waals surface area contributed by atoms with Gasteiger partial charge in [-0.05, 0) is 19.3 Å². The van der Waals surface area contributed by atoms with Crippen molar-refractivity contribution in [3.8, 4) is 0 Å². The van der Waals surface area contributed by atoms with Crippen LogP contribution in [0.15, 0.2) is 11.6 Å². The molecule has 0 heterocycles. The summed E-state index contributed by atoms with van der Waals surface area (Å²) < 4.78 is 0. The van der Waals surface area contributed by atoms with E-state index >= 15 is 0 Å². The lowest BCUT2D eigenvalue weighted by molar-refractivity contribution is -0.114. The van der Waals surface area contributed by atoms with Crippen molar-refractivity contribution in [3.05, 3.63) is 11.6 Å². The van der Waals surface area contributed by atoms with Crippen LogP contribution in [0.1, 0.15) is 27.7 Å². The van der Waals surface area contributed by atoms with Crippen LogP contribution in [0.4, 0.5) is 0 Å². The van der Waals surface area contributed by atoms with Crippen LogP contribution in [-0.4, -0.2) is 17.3 Å². The first kappa shape index (κ1) is 13.5. The molecule has 14 heavy (non-hydrogen) atoms. The molecule has 1 amide bonds. The third kappa shape index (κ3) is 3.00. The molecule has 0 aromatic heterocycles. The Labute approximate surface area is 90.5 Å². The maximum atomic E-state index is 10.9. The Hall–Kier alpha value is -0.540. The molecule has 0 saturated heterocycles. The number of hydrogen-bond acceptors (Lipinski definition) is 2. The van der Waals surface area contributed by atoms with Crippen LogP contribution in [-0.2, 0) is 4.79 Å². The minimum atomic E-state index is -0.645. The van der Waals surface area contributed by atoms with E-state index in [0.29, 0.717) is 11.5 Å². The van der Waals surface area contributed by atoms with Gasteiger partial charge in [-0.3, -0.25) is 4.79 Å². The van der Waals surface area contributed by atoms with Crippen LogP contribution in [0.2, 0.25) is 0 Å². The Bertz CT molecular complexity index is 257. The van der Waals surface area contributed by atoms with Gasteiger partial charge in [-0.25, -0.2) is 0 Å². The van der Waals surface area contributed by atoms with Crippen molar-refractivity contribution in [3.63, 3.8) is 0 Å². The summed E-state index contributed by atoms with van der Waals surface area (Å²) in [5.74, 6) is -0.0326. The number of rotatable bonds is 4. The molecule has 0 aliphatic rings. The molecule has 0 aliphatic heterocycles. The van der Waals surface area contributed by atoms with Gasteiger partial charge in [0.05, 0.1) is 0 Å². The van der Waals surface area contributed by atoms with E-state index in [1.807, 2.05) is 20.8 Å².